The van der Waals surface area contributed by atoms with Gasteiger partial charge in [0.15, 0.2) is 0 Å². The molecule has 0 saturated carbocycles. The van der Waals surface area contributed by atoms with Gasteiger partial charge >= 0.3 is 5.97 Å². The van der Waals surface area contributed by atoms with Crippen molar-refractivity contribution in [3.05, 3.63) is 12.7 Å². The molecule has 0 aliphatic heterocycles. The summed E-state index contributed by atoms with van der Waals surface area (Å²) in [4.78, 5) is 15.4. The van der Waals surface area contributed by atoms with Crippen LogP contribution in [0.5, 0.6) is 0 Å². The molecule has 0 aromatic rings. The molecule has 4 heteroatoms. The number of hydrogen-bond donors (Lipinski definition) is 1. The van der Waals surface area contributed by atoms with Crippen molar-refractivity contribution in [2.24, 2.45) is 5.90 Å². The molecule has 60 valence electrons. The van der Waals surface area contributed by atoms with Gasteiger partial charge in [-0.25, -0.2) is 4.79 Å². The Balaban J connectivity index is 0. The molecule has 0 heterocycles. The van der Waals surface area contributed by atoms with Crippen molar-refractivity contribution in [1.29, 1.82) is 0 Å². The van der Waals surface area contributed by atoms with Gasteiger partial charge in [-0.2, -0.15) is 5.90 Å². The lowest BCUT2D eigenvalue weighted by atomic mass is 10.7. The summed E-state index contributed by atoms with van der Waals surface area (Å²) in [6.45, 7) is 3.08. The molecule has 0 aliphatic rings. The maximum atomic E-state index is 9.72. The minimum atomic E-state index is -0.616. The van der Waals surface area contributed by atoms with Crippen LogP contribution in [-0.4, -0.2) is 32.0 Å². The van der Waals surface area contributed by atoms with Crippen LogP contribution in [0.15, 0.2) is 12.7 Å². The zero-order valence-corrected chi connectivity index (χ0v) is 6.63. The van der Waals surface area contributed by atoms with Gasteiger partial charge in [0.2, 0.25) is 0 Å². The number of carbonyl (C=O) groups is 1. The summed E-state index contributed by atoms with van der Waals surface area (Å²) in [5, 5.41) is 0. The fourth-order valence-electron chi connectivity index (χ4n) is 0.0481. The molecule has 4 nitrogen and oxygen atoms in total. The van der Waals surface area contributed by atoms with Gasteiger partial charge in [0, 0.05) is 6.08 Å². The van der Waals surface area contributed by atoms with Gasteiger partial charge in [0.05, 0.1) is 0 Å². The van der Waals surface area contributed by atoms with Crippen LogP contribution < -0.4 is 5.90 Å². The van der Waals surface area contributed by atoms with E-state index in [0.29, 0.717) is 0 Å². The topological polar surface area (TPSA) is 55.6 Å². The van der Waals surface area contributed by atoms with E-state index < -0.39 is 5.97 Å². The van der Waals surface area contributed by atoms with Gasteiger partial charge in [-0.1, -0.05) is 6.58 Å². The van der Waals surface area contributed by atoms with Crippen LogP contribution in [-0.2, 0) is 9.63 Å². The van der Waals surface area contributed by atoms with Crippen molar-refractivity contribution in [2.75, 3.05) is 21.1 Å². The first-order chi connectivity index (χ1) is 4.54. The smallest absolute Gasteiger partial charge is 0.348 e. The van der Waals surface area contributed by atoms with Crippen molar-refractivity contribution in [3.8, 4) is 0 Å². The third kappa shape index (κ3) is 27.3. The summed E-state index contributed by atoms with van der Waals surface area (Å²) in [6.07, 6.45) is 0.986. The molecular weight excluding hydrogens is 132 g/mol. The van der Waals surface area contributed by atoms with Crippen LogP contribution in [0.2, 0.25) is 0 Å². The van der Waals surface area contributed by atoms with Gasteiger partial charge < -0.3 is 9.74 Å². The van der Waals surface area contributed by atoms with E-state index in [1.165, 1.54) is 0 Å². The van der Waals surface area contributed by atoms with Crippen LogP contribution >= 0.6 is 0 Å². The zero-order chi connectivity index (χ0) is 8.57. The predicted octanol–water partition coefficient (Wildman–Crippen LogP) is -0.233. The van der Waals surface area contributed by atoms with Crippen LogP contribution in [0, 0.1) is 0 Å². The highest BCUT2D eigenvalue weighted by Gasteiger charge is 1.83. The SMILES string of the molecule is C=CC(=O)ON.CN(C)C. The van der Waals surface area contributed by atoms with Crippen LogP contribution in [0.3, 0.4) is 0 Å². The maximum Gasteiger partial charge on any atom is 0.348 e. The zero-order valence-electron chi connectivity index (χ0n) is 6.63. The lowest BCUT2D eigenvalue weighted by Crippen LogP contribution is -2.04. The Labute approximate surface area is 61.2 Å². The molecule has 0 aromatic carbocycles. The number of nitrogens with two attached hydrogens (primary N) is 1. The molecule has 0 unspecified atom stereocenters. The molecule has 0 aliphatic carbocycles. The normalized spacial score (nSPS) is 7.70. The molecule has 0 radical (unpaired) electrons. The second-order valence-electron chi connectivity index (χ2n) is 1.98. The molecule has 0 aromatic heterocycles. The summed E-state index contributed by atoms with van der Waals surface area (Å²) in [5.74, 6) is 3.75. The lowest BCUT2D eigenvalue weighted by Gasteiger charge is -1.90. The molecule has 0 bridgehead atoms. The summed E-state index contributed by atoms with van der Waals surface area (Å²) in [7, 11) is 6.00. The van der Waals surface area contributed by atoms with E-state index in [1.807, 2.05) is 26.0 Å². The van der Waals surface area contributed by atoms with E-state index in [2.05, 4.69) is 17.3 Å². The van der Waals surface area contributed by atoms with Gasteiger partial charge in [-0.05, 0) is 21.1 Å². The monoisotopic (exact) mass is 146 g/mol. The van der Waals surface area contributed by atoms with Gasteiger partial charge in [0.25, 0.3) is 0 Å². The van der Waals surface area contributed by atoms with E-state index in [-0.39, 0.29) is 0 Å². The minimum absolute atomic E-state index is 0.616. The number of rotatable bonds is 1. The third-order valence-corrected chi connectivity index (χ3v) is 0.283. The van der Waals surface area contributed by atoms with Crippen molar-refractivity contribution in [2.45, 2.75) is 0 Å². The standard InChI is InChI=1S/C3H5NO2.C3H9N/c1-2-3(5)6-4;1-4(2)3/h2H,1,4H2;1-3H3. The first kappa shape index (κ1) is 11.9. The van der Waals surface area contributed by atoms with Crippen molar-refractivity contribution >= 4 is 5.97 Å². The first-order valence-electron chi connectivity index (χ1n) is 2.68. The first-order valence-corrected chi connectivity index (χ1v) is 2.68. The molecule has 0 amide bonds. The van der Waals surface area contributed by atoms with Crippen LogP contribution in [0.25, 0.3) is 0 Å². The highest BCUT2D eigenvalue weighted by atomic mass is 16.7. The van der Waals surface area contributed by atoms with E-state index in [0.717, 1.165) is 6.08 Å². The number of carbonyl (C=O) groups excluding carboxylic acids is 1. The average Bonchev–Trinajstić information content (AvgIpc) is 1.85. The Bertz CT molecular complexity index is 99.2. The Morgan fingerprint density at radius 3 is 1.90 bits per heavy atom. The van der Waals surface area contributed by atoms with E-state index in [1.54, 1.807) is 0 Å². The molecular formula is C6H14N2O2. The third-order valence-electron chi connectivity index (χ3n) is 0.283. The molecule has 0 rings (SSSR count). The highest BCUT2D eigenvalue weighted by Crippen LogP contribution is 1.64. The molecule has 2 N–H and O–H groups in total. The molecule has 0 atom stereocenters. The molecule has 0 spiro atoms. The maximum absolute atomic E-state index is 9.72. The van der Waals surface area contributed by atoms with Gasteiger partial charge in [-0.3, -0.25) is 0 Å². The highest BCUT2D eigenvalue weighted by molar-refractivity contribution is 5.80. The summed E-state index contributed by atoms with van der Waals surface area (Å²) in [6, 6.07) is 0. The number of nitrogens with zero attached hydrogens (tertiary/aromatic N) is 1. The van der Waals surface area contributed by atoms with Gasteiger partial charge in [0.1, 0.15) is 0 Å². The predicted molar refractivity (Wildman–Crippen MR) is 40.1 cm³/mol. The quantitative estimate of drug-likeness (QED) is 0.410. The van der Waals surface area contributed by atoms with E-state index in [4.69, 9.17) is 0 Å². The minimum Gasteiger partial charge on any atom is -0.370 e. The molecule has 0 saturated heterocycles. The summed E-state index contributed by atoms with van der Waals surface area (Å²) in [5.41, 5.74) is 0. The Hall–Kier alpha value is -0.870. The second kappa shape index (κ2) is 8.13. The fraction of sp³-hybridized carbons (Fsp3) is 0.500. The van der Waals surface area contributed by atoms with Crippen LogP contribution in [0.1, 0.15) is 0 Å². The summed E-state index contributed by atoms with van der Waals surface area (Å²) >= 11 is 0. The molecule has 0 fully saturated rings. The summed E-state index contributed by atoms with van der Waals surface area (Å²) < 4.78 is 0. The van der Waals surface area contributed by atoms with Crippen LogP contribution in [0.4, 0.5) is 0 Å². The Kier molecular flexibility index (Phi) is 9.65. The van der Waals surface area contributed by atoms with Crippen molar-refractivity contribution in [3.63, 3.8) is 0 Å². The fourth-order valence-corrected chi connectivity index (χ4v) is 0.0481. The van der Waals surface area contributed by atoms with Crippen molar-refractivity contribution < 1.29 is 9.63 Å². The van der Waals surface area contributed by atoms with E-state index in [9.17, 15) is 4.79 Å². The number of hydrogen-bond acceptors (Lipinski definition) is 4. The van der Waals surface area contributed by atoms with Gasteiger partial charge in [-0.15, -0.1) is 0 Å². The Morgan fingerprint density at radius 1 is 1.60 bits per heavy atom. The van der Waals surface area contributed by atoms with Crippen molar-refractivity contribution in [1.82, 2.24) is 4.90 Å². The average molecular weight is 146 g/mol. The Morgan fingerprint density at radius 2 is 1.90 bits per heavy atom. The molecule has 10 heavy (non-hydrogen) atoms. The largest absolute Gasteiger partial charge is 0.370 e. The lowest BCUT2D eigenvalue weighted by molar-refractivity contribution is -0.138. The second-order valence-corrected chi connectivity index (χ2v) is 1.98. The van der Waals surface area contributed by atoms with E-state index >= 15 is 0 Å².